The lowest BCUT2D eigenvalue weighted by Gasteiger charge is -2.16. The normalized spacial score (nSPS) is 12.8. The molecule has 0 saturated heterocycles. The molecule has 0 unspecified atom stereocenters. The first-order chi connectivity index (χ1) is 13.4. The molecular weight excluding hydrogens is 441 g/mol. The highest BCUT2D eigenvalue weighted by atomic mass is 35.5. The van der Waals surface area contributed by atoms with E-state index >= 15 is 0 Å². The van der Waals surface area contributed by atoms with E-state index in [4.69, 9.17) is 11.6 Å². The molecule has 0 aliphatic rings. The van der Waals surface area contributed by atoms with Crippen LogP contribution in [0.3, 0.4) is 0 Å². The van der Waals surface area contributed by atoms with Gasteiger partial charge in [0.1, 0.15) is 5.69 Å². The molecule has 1 aromatic heterocycles. The molecule has 0 saturated carbocycles. The zero-order chi connectivity index (χ0) is 21.4. The number of halogens is 6. The molecule has 0 amide bonds. The number of nitrogens with one attached hydrogen (secondary N) is 1. The van der Waals surface area contributed by atoms with E-state index in [-0.39, 0.29) is 21.2 Å². The van der Waals surface area contributed by atoms with Gasteiger partial charge in [-0.15, -0.1) is 5.10 Å². The van der Waals surface area contributed by atoms with Crippen LogP contribution in [0, 0.1) is 0 Å². The molecule has 3 aromatic rings. The third-order valence-corrected chi connectivity index (χ3v) is 5.35. The van der Waals surface area contributed by atoms with Gasteiger partial charge in [-0.25, -0.2) is 0 Å². The summed E-state index contributed by atoms with van der Waals surface area (Å²) in [6.07, 6.45) is -5.91. The summed E-state index contributed by atoms with van der Waals surface area (Å²) in [5, 5.41) is 3.46. The Morgan fingerprint density at radius 2 is 1.52 bits per heavy atom. The van der Waals surface area contributed by atoms with E-state index in [0.29, 0.717) is 10.9 Å². The molecule has 0 fully saturated rings. The lowest BCUT2D eigenvalue weighted by molar-refractivity contribution is -0.291. The van der Waals surface area contributed by atoms with E-state index in [9.17, 15) is 30.4 Å². The molecule has 0 aliphatic heterocycles. The van der Waals surface area contributed by atoms with Crippen LogP contribution in [0.1, 0.15) is 5.69 Å². The van der Waals surface area contributed by atoms with E-state index in [0.717, 1.165) is 0 Å². The number of hydrogen-bond acceptors (Lipinski definition) is 3. The first-order valence-corrected chi connectivity index (χ1v) is 9.67. The quantitative estimate of drug-likeness (QED) is 0.567. The fourth-order valence-electron chi connectivity index (χ4n) is 2.34. The van der Waals surface area contributed by atoms with Crippen LogP contribution in [-0.4, -0.2) is 24.5 Å². The maximum absolute atomic E-state index is 13.8. The summed E-state index contributed by atoms with van der Waals surface area (Å²) in [6.45, 7) is 0. The van der Waals surface area contributed by atoms with E-state index in [1.807, 2.05) is 4.83 Å². The Kier molecular flexibility index (Phi) is 5.30. The van der Waals surface area contributed by atoms with Gasteiger partial charge in [-0.2, -0.15) is 40.0 Å². The van der Waals surface area contributed by atoms with Crippen molar-refractivity contribution in [1.29, 1.82) is 0 Å². The predicted octanol–water partition coefficient (Wildman–Crippen LogP) is 4.79. The van der Waals surface area contributed by atoms with Gasteiger partial charge in [0.2, 0.25) is 0 Å². The van der Waals surface area contributed by atoms with Gasteiger partial charge in [-0.1, -0.05) is 41.9 Å². The maximum atomic E-state index is 13.8. The summed E-state index contributed by atoms with van der Waals surface area (Å²) in [5.74, 6) is -5.29. The lowest BCUT2D eigenvalue weighted by atomic mass is 10.1. The first-order valence-electron chi connectivity index (χ1n) is 7.81. The summed E-state index contributed by atoms with van der Waals surface area (Å²) in [4.78, 5) is 2.03. The average Bonchev–Trinajstić information content (AvgIpc) is 3.06. The van der Waals surface area contributed by atoms with Gasteiger partial charge < -0.3 is 0 Å². The molecule has 0 aliphatic carbocycles. The topological polar surface area (TPSA) is 64.0 Å². The van der Waals surface area contributed by atoms with Crippen LogP contribution < -0.4 is 4.83 Å². The highest BCUT2D eigenvalue weighted by molar-refractivity contribution is 7.92. The second-order valence-corrected chi connectivity index (χ2v) is 7.91. The van der Waals surface area contributed by atoms with Crippen molar-refractivity contribution in [3.63, 3.8) is 0 Å². The molecular formula is C17H11ClF5N3O2S. The predicted molar refractivity (Wildman–Crippen MR) is 95.6 cm³/mol. The van der Waals surface area contributed by atoms with Crippen LogP contribution in [0.5, 0.6) is 0 Å². The van der Waals surface area contributed by atoms with Gasteiger partial charge in [-0.05, 0) is 30.3 Å². The standard InChI is InChI=1S/C17H11ClF5N3O2S/c18-12-8-6-11(7-9-12)14-10-15(16(19,20)17(21,22)23)24-26(14)25-29(27,28)13-4-2-1-3-5-13/h1-10,25H. The number of alkyl halides is 5. The van der Waals surface area contributed by atoms with E-state index in [2.05, 4.69) is 5.10 Å². The zero-order valence-corrected chi connectivity index (χ0v) is 15.7. The first kappa shape index (κ1) is 21.1. The number of hydrogen-bond donors (Lipinski definition) is 1. The van der Waals surface area contributed by atoms with Crippen LogP contribution >= 0.6 is 11.6 Å². The molecule has 1 N–H and O–H groups in total. The van der Waals surface area contributed by atoms with Crippen molar-refractivity contribution in [2.75, 3.05) is 4.83 Å². The summed E-state index contributed by atoms with van der Waals surface area (Å²) >= 11 is 5.76. The molecule has 1 heterocycles. The number of sulfonamides is 1. The minimum absolute atomic E-state index is 0.113. The molecule has 0 atom stereocenters. The largest absolute Gasteiger partial charge is 0.459 e. The van der Waals surface area contributed by atoms with Crippen LogP contribution in [0.15, 0.2) is 65.6 Å². The van der Waals surface area contributed by atoms with Crippen molar-refractivity contribution in [2.45, 2.75) is 17.0 Å². The minimum Gasteiger partial charge on any atom is -0.200 e. The van der Waals surface area contributed by atoms with E-state index < -0.39 is 27.8 Å². The van der Waals surface area contributed by atoms with E-state index in [1.54, 1.807) is 6.07 Å². The molecule has 2 aromatic carbocycles. The smallest absolute Gasteiger partial charge is 0.200 e. The molecule has 29 heavy (non-hydrogen) atoms. The van der Waals surface area contributed by atoms with Crippen molar-refractivity contribution in [2.24, 2.45) is 0 Å². The van der Waals surface area contributed by atoms with E-state index in [1.165, 1.54) is 48.5 Å². The summed E-state index contributed by atoms with van der Waals surface area (Å²) < 4.78 is 90.9. The fourth-order valence-corrected chi connectivity index (χ4v) is 3.46. The molecule has 154 valence electrons. The summed E-state index contributed by atoms with van der Waals surface area (Å²) in [6, 6.07) is 12.7. The SMILES string of the molecule is O=S(=O)(Nn1nc(C(F)(F)C(F)(F)F)cc1-c1ccc(Cl)cc1)c1ccccc1. The molecule has 0 spiro atoms. The van der Waals surface area contributed by atoms with Crippen LogP contribution in [0.2, 0.25) is 5.02 Å². The highest BCUT2D eigenvalue weighted by Gasteiger charge is 2.60. The lowest BCUT2D eigenvalue weighted by Crippen LogP contribution is -2.34. The molecule has 12 heteroatoms. The Morgan fingerprint density at radius 1 is 0.931 bits per heavy atom. The van der Waals surface area contributed by atoms with Crippen molar-refractivity contribution in [3.05, 3.63) is 71.4 Å². The Morgan fingerprint density at radius 3 is 2.07 bits per heavy atom. The Hall–Kier alpha value is -2.66. The monoisotopic (exact) mass is 451 g/mol. The van der Waals surface area contributed by atoms with Gasteiger partial charge in [0.05, 0.1) is 10.6 Å². The minimum atomic E-state index is -5.91. The van der Waals surface area contributed by atoms with Crippen molar-refractivity contribution >= 4 is 21.6 Å². The maximum Gasteiger partial charge on any atom is 0.459 e. The van der Waals surface area contributed by atoms with Gasteiger partial charge in [0.15, 0.2) is 0 Å². The molecule has 5 nitrogen and oxygen atoms in total. The van der Waals surface area contributed by atoms with Crippen LogP contribution in [0.4, 0.5) is 22.0 Å². The molecule has 0 bridgehead atoms. The Bertz CT molecular complexity index is 1110. The second-order valence-electron chi connectivity index (χ2n) is 5.81. The molecule has 0 radical (unpaired) electrons. The van der Waals surface area contributed by atoms with Gasteiger partial charge in [0, 0.05) is 10.6 Å². The van der Waals surface area contributed by atoms with Gasteiger partial charge in [-0.3, -0.25) is 0 Å². The van der Waals surface area contributed by atoms with Crippen molar-refractivity contribution < 1.29 is 30.4 Å². The third kappa shape index (κ3) is 4.20. The highest BCUT2D eigenvalue weighted by Crippen LogP contribution is 2.44. The summed E-state index contributed by atoms with van der Waals surface area (Å²) in [7, 11) is -4.32. The van der Waals surface area contributed by atoms with Crippen molar-refractivity contribution in [1.82, 2.24) is 9.89 Å². The van der Waals surface area contributed by atoms with Crippen molar-refractivity contribution in [3.8, 4) is 11.3 Å². The van der Waals surface area contributed by atoms with Gasteiger partial charge >= 0.3 is 12.1 Å². The third-order valence-electron chi connectivity index (χ3n) is 3.79. The Labute approximate surface area is 166 Å². The zero-order valence-electron chi connectivity index (χ0n) is 14.2. The second kappa shape index (κ2) is 7.30. The number of nitrogens with zero attached hydrogens (tertiary/aromatic N) is 2. The van der Waals surface area contributed by atoms with Crippen LogP contribution in [0.25, 0.3) is 11.3 Å². The number of benzene rings is 2. The average molecular weight is 452 g/mol. The fraction of sp³-hybridized carbons (Fsp3) is 0.118. The Balaban J connectivity index is 2.13. The van der Waals surface area contributed by atoms with Crippen LogP contribution in [-0.2, 0) is 15.9 Å². The number of aromatic nitrogens is 2. The van der Waals surface area contributed by atoms with Gasteiger partial charge in [0.25, 0.3) is 10.0 Å². The molecule has 3 rings (SSSR count). The number of rotatable bonds is 5. The summed E-state index contributed by atoms with van der Waals surface area (Å²) in [5.41, 5.74) is -1.88.